The zero-order valence-corrected chi connectivity index (χ0v) is 10.9. The summed E-state index contributed by atoms with van der Waals surface area (Å²) in [4.78, 5) is 29.9. The molecule has 1 amide bonds. The lowest BCUT2D eigenvalue weighted by Gasteiger charge is -2.31. The molecular formula is C13H16N2O3. The van der Waals surface area contributed by atoms with Crippen molar-refractivity contribution in [2.24, 2.45) is 0 Å². The molecule has 96 valence electrons. The highest BCUT2D eigenvalue weighted by molar-refractivity contribution is 6.16. The van der Waals surface area contributed by atoms with Crippen LogP contribution in [0.1, 0.15) is 32.3 Å². The minimum absolute atomic E-state index is 0.275. The molecule has 1 aliphatic heterocycles. The van der Waals surface area contributed by atoms with E-state index in [2.05, 4.69) is 4.98 Å². The number of hydrogen-bond donors (Lipinski definition) is 0. The normalized spacial score (nSPS) is 18.8. The van der Waals surface area contributed by atoms with Gasteiger partial charge in [-0.25, -0.2) is 4.98 Å². The van der Waals surface area contributed by atoms with Crippen molar-refractivity contribution in [2.45, 2.75) is 32.2 Å². The molecular weight excluding hydrogens is 232 g/mol. The summed E-state index contributed by atoms with van der Waals surface area (Å²) in [6.45, 7) is 5.72. The summed E-state index contributed by atoms with van der Waals surface area (Å²) in [5.74, 6) is -1.16. The molecule has 0 radical (unpaired) electrons. The molecule has 5 nitrogen and oxygen atoms in total. The molecule has 0 N–H and O–H groups in total. The number of hydrogen-bond acceptors (Lipinski definition) is 4. The number of methoxy groups -OCH3 is 1. The molecule has 2 rings (SSSR count). The standard InChI is InChI=1S/C13H16N2O3/c1-13(2,3)15-10-8(6-5-7-14-10)9(11(15)16)12(17)18-4/h5-7,9H,1-4H3/t9-/m1/s1. The van der Waals surface area contributed by atoms with E-state index in [1.807, 2.05) is 20.8 Å². The summed E-state index contributed by atoms with van der Waals surface area (Å²) < 4.78 is 4.71. The van der Waals surface area contributed by atoms with Crippen molar-refractivity contribution in [1.29, 1.82) is 0 Å². The Morgan fingerprint density at radius 2 is 2.11 bits per heavy atom. The molecule has 0 bridgehead atoms. The minimum atomic E-state index is -0.891. The van der Waals surface area contributed by atoms with Gasteiger partial charge in [0.05, 0.1) is 7.11 Å². The lowest BCUT2D eigenvalue weighted by molar-refractivity contribution is -0.145. The molecule has 1 atom stereocenters. The molecule has 0 fully saturated rings. The molecule has 0 aliphatic carbocycles. The van der Waals surface area contributed by atoms with Crippen molar-refractivity contribution >= 4 is 17.7 Å². The van der Waals surface area contributed by atoms with Gasteiger partial charge in [-0.2, -0.15) is 0 Å². The maximum Gasteiger partial charge on any atom is 0.322 e. The number of carbonyl (C=O) groups is 2. The molecule has 2 heterocycles. The third-order valence-electron chi connectivity index (χ3n) is 2.91. The number of pyridine rings is 1. The van der Waals surface area contributed by atoms with Crippen LogP contribution in [-0.4, -0.2) is 29.5 Å². The molecule has 0 spiro atoms. The summed E-state index contributed by atoms with van der Waals surface area (Å²) in [6.07, 6.45) is 1.62. The van der Waals surface area contributed by atoms with Crippen LogP contribution >= 0.6 is 0 Å². The van der Waals surface area contributed by atoms with Gasteiger partial charge < -0.3 is 4.74 Å². The monoisotopic (exact) mass is 248 g/mol. The fraction of sp³-hybridized carbons (Fsp3) is 0.462. The Morgan fingerprint density at radius 3 is 2.67 bits per heavy atom. The van der Waals surface area contributed by atoms with Crippen LogP contribution in [0.25, 0.3) is 0 Å². The van der Waals surface area contributed by atoms with E-state index in [-0.39, 0.29) is 5.91 Å². The Labute approximate surface area is 106 Å². The van der Waals surface area contributed by atoms with Crippen molar-refractivity contribution in [3.8, 4) is 0 Å². The van der Waals surface area contributed by atoms with Gasteiger partial charge in [-0.05, 0) is 26.8 Å². The van der Waals surface area contributed by atoms with Crippen LogP contribution in [0, 0.1) is 0 Å². The number of esters is 1. The van der Waals surface area contributed by atoms with Crippen LogP contribution in [0.15, 0.2) is 18.3 Å². The number of fused-ring (bicyclic) bond motifs is 1. The molecule has 0 saturated carbocycles. The summed E-state index contributed by atoms with van der Waals surface area (Å²) >= 11 is 0. The number of amides is 1. The van der Waals surface area contributed by atoms with E-state index in [9.17, 15) is 9.59 Å². The van der Waals surface area contributed by atoms with E-state index < -0.39 is 17.4 Å². The predicted molar refractivity (Wildman–Crippen MR) is 66.2 cm³/mol. The first-order valence-corrected chi connectivity index (χ1v) is 5.74. The highest BCUT2D eigenvalue weighted by Gasteiger charge is 2.47. The van der Waals surface area contributed by atoms with E-state index in [1.54, 1.807) is 23.2 Å². The average Bonchev–Trinajstić information content (AvgIpc) is 2.59. The summed E-state index contributed by atoms with van der Waals surface area (Å²) in [5, 5.41) is 0. The Kier molecular flexibility index (Phi) is 2.84. The first-order valence-electron chi connectivity index (χ1n) is 5.74. The van der Waals surface area contributed by atoms with E-state index in [0.29, 0.717) is 11.4 Å². The number of aromatic nitrogens is 1. The van der Waals surface area contributed by atoms with Crippen LogP contribution in [0.4, 0.5) is 5.82 Å². The van der Waals surface area contributed by atoms with Gasteiger partial charge in [-0.15, -0.1) is 0 Å². The van der Waals surface area contributed by atoms with E-state index in [1.165, 1.54) is 7.11 Å². The zero-order valence-electron chi connectivity index (χ0n) is 10.9. The van der Waals surface area contributed by atoms with Gasteiger partial charge in [-0.3, -0.25) is 14.5 Å². The highest BCUT2D eigenvalue weighted by Crippen LogP contribution is 2.39. The van der Waals surface area contributed by atoms with Gasteiger partial charge in [-0.1, -0.05) is 6.07 Å². The van der Waals surface area contributed by atoms with Gasteiger partial charge in [0, 0.05) is 17.3 Å². The zero-order chi connectivity index (χ0) is 13.5. The maximum absolute atomic E-state index is 12.4. The van der Waals surface area contributed by atoms with Crippen molar-refractivity contribution in [3.63, 3.8) is 0 Å². The van der Waals surface area contributed by atoms with Crippen molar-refractivity contribution in [1.82, 2.24) is 4.98 Å². The van der Waals surface area contributed by atoms with Gasteiger partial charge >= 0.3 is 5.97 Å². The number of nitrogens with zero attached hydrogens (tertiary/aromatic N) is 2. The molecule has 0 saturated heterocycles. The SMILES string of the molecule is COC(=O)[C@H]1C(=O)N(C(C)(C)C)c2ncccc21. The van der Waals surface area contributed by atoms with Gasteiger partial charge in [0.2, 0.25) is 5.91 Å². The number of ether oxygens (including phenoxy) is 1. The van der Waals surface area contributed by atoms with E-state index in [0.717, 1.165) is 0 Å². The Morgan fingerprint density at radius 1 is 1.44 bits per heavy atom. The molecule has 1 aromatic heterocycles. The number of carbonyl (C=O) groups excluding carboxylic acids is 2. The number of rotatable bonds is 1. The summed E-state index contributed by atoms with van der Waals surface area (Å²) in [5.41, 5.74) is 0.187. The lowest BCUT2D eigenvalue weighted by atomic mass is 10.0. The lowest BCUT2D eigenvalue weighted by Crippen LogP contribution is -2.45. The summed E-state index contributed by atoms with van der Waals surface area (Å²) in [6, 6.07) is 3.46. The minimum Gasteiger partial charge on any atom is -0.468 e. The Balaban J connectivity index is 2.57. The molecule has 1 aliphatic rings. The molecule has 1 aromatic rings. The Hall–Kier alpha value is -1.91. The van der Waals surface area contributed by atoms with Gasteiger partial charge in [0.15, 0.2) is 5.92 Å². The van der Waals surface area contributed by atoms with Crippen LogP contribution in [0.2, 0.25) is 0 Å². The molecule has 18 heavy (non-hydrogen) atoms. The van der Waals surface area contributed by atoms with Gasteiger partial charge in [0.1, 0.15) is 5.82 Å². The second-order valence-electron chi connectivity index (χ2n) is 5.22. The van der Waals surface area contributed by atoms with Crippen LogP contribution in [0.3, 0.4) is 0 Å². The predicted octanol–water partition coefficient (Wildman–Crippen LogP) is 1.48. The van der Waals surface area contributed by atoms with Crippen molar-refractivity contribution in [2.75, 3.05) is 12.0 Å². The smallest absolute Gasteiger partial charge is 0.322 e. The molecule has 5 heteroatoms. The van der Waals surface area contributed by atoms with Crippen LogP contribution in [-0.2, 0) is 14.3 Å². The maximum atomic E-state index is 12.4. The van der Waals surface area contributed by atoms with E-state index in [4.69, 9.17) is 4.74 Å². The summed E-state index contributed by atoms with van der Waals surface area (Å²) in [7, 11) is 1.28. The fourth-order valence-corrected chi connectivity index (χ4v) is 2.18. The van der Waals surface area contributed by atoms with Crippen LogP contribution < -0.4 is 4.90 Å². The fourth-order valence-electron chi connectivity index (χ4n) is 2.18. The average molecular weight is 248 g/mol. The third kappa shape index (κ3) is 1.75. The first kappa shape index (κ1) is 12.5. The largest absolute Gasteiger partial charge is 0.468 e. The van der Waals surface area contributed by atoms with E-state index >= 15 is 0 Å². The van der Waals surface area contributed by atoms with Crippen LogP contribution in [0.5, 0.6) is 0 Å². The second-order valence-corrected chi connectivity index (χ2v) is 5.22. The van der Waals surface area contributed by atoms with Crippen molar-refractivity contribution in [3.05, 3.63) is 23.9 Å². The van der Waals surface area contributed by atoms with Crippen molar-refractivity contribution < 1.29 is 14.3 Å². The first-order chi connectivity index (χ1) is 8.38. The second kappa shape index (κ2) is 4.08. The third-order valence-corrected chi connectivity index (χ3v) is 2.91. The molecule has 0 aromatic carbocycles. The molecule has 0 unspecified atom stereocenters. The quantitative estimate of drug-likeness (QED) is 0.558. The highest BCUT2D eigenvalue weighted by atomic mass is 16.5. The number of anilines is 1. The Bertz CT molecular complexity index is 505. The topological polar surface area (TPSA) is 59.5 Å². The van der Waals surface area contributed by atoms with Gasteiger partial charge in [0.25, 0.3) is 0 Å².